The molecule has 1 saturated heterocycles. The molecule has 3 rings (SSSR count). The quantitative estimate of drug-likeness (QED) is 0.831. The van der Waals surface area contributed by atoms with Crippen LogP contribution in [0.25, 0.3) is 0 Å². The van der Waals surface area contributed by atoms with E-state index in [4.69, 9.17) is 6.42 Å². The highest BCUT2D eigenvalue weighted by Gasteiger charge is 2.53. The van der Waals surface area contributed by atoms with E-state index in [2.05, 4.69) is 63.2 Å². The summed E-state index contributed by atoms with van der Waals surface area (Å²) in [5.74, 6) is 3.20. The zero-order valence-corrected chi connectivity index (χ0v) is 15.4. The molecule has 0 bridgehead atoms. The molecule has 24 heavy (non-hydrogen) atoms. The third-order valence-electron chi connectivity index (χ3n) is 6.13. The number of benzene rings is 1. The van der Waals surface area contributed by atoms with E-state index in [0.29, 0.717) is 12.5 Å². The fourth-order valence-corrected chi connectivity index (χ4v) is 5.22. The summed E-state index contributed by atoms with van der Waals surface area (Å²) >= 11 is 0. The van der Waals surface area contributed by atoms with E-state index in [-0.39, 0.29) is 16.6 Å². The molecule has 0 amide bonds. The summed E-state index contributed by atoms with van der Waals surface area (Å²) in [5, 5.41) is 15.9. The lowest BCUT2D eigenvalue weighted by Crippen LogP contribution is -2.63. The summed E-state index contributed by atoms with van der Waals surface area (Å²) in [4.78, 5) is 0. The van der Waals surface area contributed by atoms with Crippen LogP contribution >= 0.6 is 0 Å². The van der Waals surface area contributed by atoms with Crippen LogP contribution in [0, 0.1) is 18.3 Å². The van der Waals surface area contributed by atoms with Crippen molar-refractivity contribution in [2.45, 2.75) is 70.0 Å². The van der Waals surface area contributed by atoms with E-state index in [0.717, 1.165) is 25.7 Å². The molecule has 1 atom stereocenters. The molecule has 0 spiro atoms. The largest absolute Gasteiger partial charge is 0.313 e. The Morgan fingerprint density at radius 2 is 1.83 bits per heavy atom. The number of rotatable bonds is 3. The number of terminal acetylenes is 1. The van der Waals surface area contributed by atoms with Crippen LogP contribution in [0.3, 0.4) is 0 Å². The molecule has 0 saturated carbocycles. The second-order valence-electron chi connectivity index (χ2n) is 8.73. The molecule has 130 valence electrons. The first-order valence-electron chi connectivity index (χ1n) is 8.99. The Morgan fingerprint density at radius 3 is 2.46 bits per heavy atom. The van der Waals surface area contributed by atoms with Gasteiger partial charge >= 0.3 is 0 Å². The van der Waals surface area contributed by atoms with Gasteiger partial charge in [0.1, 0.15) is 0 Å². The number of hydrogen-bond acceptors (Lipinski definition) is 3. The van der Waals surface area contributed by atoms with E-state index >= 15 is 0 Å². The summed E-state index contributed by atoms with van der Waals surface area (Å²) in [7, 11) is 0. The van der Waals surface area contributed by atoms with Gasteiger partial charge in [-0.05, 0) is 70.4 Å². The van der Waals surface area contributed by atoms with Gasteiger partial charge in [0.15, 0.2) is 0 Å². The fraction of sp³-hybridized carbons (Fsp3) is 0.619. The number of fused-ring (bicyclic) bond motifs is 1. The first-order chi connectivity index (χ1) is 11.2. The number of nitrogens with zero attached hydrogens (tertiary/aromatic N) is 1. The van der Waals surface area contributed by atoms with Crippen LogP contribution in [0.15, 0.2) is 24.3 Å². The maximum atomic E-state index is 10.7. The van der Waals surface area contributed by atoms with Crippen molar-refractivity contribution >= 4 is 0 Å². The lowest BCUT2D eigenvalue weighted by molar-refractivity contribution is -0.256. The average molecular weight is 326 g/mol. The maximum absolute atomic E-state index is 10.7. The van der Waals surface area contributed by atoms with Crippen molar-refractivity contribution in [3.8, 4) is 12.3 Å². The molecule has 0 radical (unpaired) electrons. The smallest absolute Gasteiger partial charge is 0.0580 e. The molecule has 1 aromatic rings. The second kappa shape index (κ2) is 5.88. The van der Waals surface area contributed by atoms with E-state index in [9.17, 15) is 5.21 Å². The van der Waals surface area contributed by atoms with Crippen molar-refractivity contribution in [3.63, 3.8) is 0 Å². The Kier molecular flexibility index (Phi) is 4.28. The van der Waals surface area contributed by atoms with Gasteiger partial charge in [-0.1, -0.05) is 30.2 Å². The summed E-state index contributed by atoms with van der Waals surface area (Å²) < 4.78 is 0. The van der Waals surface area contributed by atoms with Crippen LogP contribution in [0.4, 0.5) is 0 Å². The van der Waals surface area contributed by atoms with Crippen LogP contribution in [0.2, 0.25) is 0 Å². The molecule has 3 heteroatoms. The Bertz CT molecular complexity index is 640. The van der Waals surface area contributed by atoms with Gasteiger partial charge in [-0.15, -0.1) is 6.42 Å². The molecule has 1 fully saturated rings. The van der Waals surface area contributed by atoms with E-state index in [1.807, 2.05) is 0 Å². The molecule has 2 aliphatic rings. The first kappa shape index (κ1) is 17.5. The van der Waals surface area contributed by atoms with E-state index in [1.165, 1.54) is 11.1 Å². The van der Waals surface area contributed by atoms with Crippen LogP contribution in [-0.4, -0.2) is 27.9 Å². The number of nitrogens with one attached hydrogen (secondary N) is 1. The van der Waals surface area contributed by atoms with E-state index < -0.39 is 0 Å². The van der Waals surface area contributed by atoms with Crippen molar-refractivity contribution in [1.29, 1.82) is 0 Å². The molecule has 1 unspecified atom stereocenters. The standard InChI is InChI=1S/C21H30N2O/c1-6-13-22-21(12-11-16-9-7-8-10-18(16)21)17-14-19(2,3)23(24)20(4,5)15-17/h1,7-10,17,22,24H,11-15H2,2-5H3. The second-order valence-corrected chi connectivity index (χ2v) is 8.73. The van der Waals surface area contributed by atoms with Crippen molar-refractivity contribution in [2.24, 2.45) is 5.92 Å². The predicted molar refractivity (Wildman–Crippen MR) is 97.8 cm³/mol. The Hall–Kier alpha value is -1.34. The van der Waals surface area contributed by atoms with Crippen molar-refractivity contribution in [1.82, 2.24) is 10.4 Å². The van der Waals surface area contributed by atoms with Gasteiger partial charge in [-0.25, -0.2) is 0 Å². The van der Waals surface area contributed by atoms with Crippen molar-refractivity contribution in [3.05, 3.63) is 35.4 Å². The molecular weight excluding hydrogens is 296 g/mol. The minimum atomic E-state index is -0.255. The predicted octanol–water partition coefficient (Wildman–Crippen LogP) is 3.71. The van der Waals surface area contributed by atoms with Gasteiger partial charge in [0.05, 0.1) is 6.54 Å². The number of hydroxylamine groups is 2. The Morgan fingerprint density at radius 1 is 1.21 bits per heavy atom. The monoisotopic (exact) mass is 326 g/mol. The van der Waals surface area contributed by atoms with Crippen molar-refractivity contribution < 1.29 is 5.21 Å². The SMILES string of the molecule is C#CCNC1(C2CC(C)(C)N(O)C(C)(C)C2)CCc2ccccc21. The van der Waals surface area contributed by atoms with Gasteiger partial charge < -0.3 is 5.21 Å². The van der Waals surface area contributed by atoms with Gasteiger partial charge in [0.2, 0.25) is 0 Å². The minimum Gasteiger partial charge on any atom is -0.313 e. The summed E-state index contributed by atoms with van der Waals surface area (Å²) in [6, 6.07) is 8.76. The average Bonchev–Trinajstić information content (AvgIpc) is 2.90. The van der Waals surface area contributed by atoms with Gasteiger partial charge in [0, 0.05) is 16.6 Å². The maximum Gasteiger partial charge on any atom is 0.0580 e. The fourth-order valence-electron chi connectivity index (χ4n) is 5.22. The number of hydrogen-bond donors (Lipinski definition) is 2. The minimum absolute atomic E-state index is 0.0846. The van der Waals surface area contributed by atoms with Crippen LogP contribution in [0.1, 0.15) is 58.1 Å². The van der Waals surface area contributed by atoms with Gasteiger partial charge in [0.25, 0.3) is 0 Å². The molecule has 3 nitrogen and oxygen atoms in total. The Labute approximate surface area is 146 Å². The van der Waals surface area contributed by atoms with Crippen LogP contribution in [-0.2, 0) is 12.0 Å². The molecule has 1 aliphatic carbocycles. The molecule has 1 aliphatic heterocycles. The topological polar surface area (TPSA) is 35.5 Å². The lowest BCUT2D eigenvalue weighted by atomic mass is 9.65. The molecule has 2 N–H and O–H groups in total. The van der Waals surface area contributed by atoms with Gasteiger partial charge in [-0.2, -0.15) is 5.06 Å². The highest BCUT2D eigenvalue weighted by Crippen LogP contribution is 2.51. The van der Waals surface area contributed by atoms with Gasteiger partial charge in [-0.3, -0.25) is 5.32 Å². The normalized spacial score (nSPS) is 29.2. The van der Waals surface area contributed by atoms with Crippen molar-refractivity contribution in [2.75, 3.05) is 6.54 Å². The molecule has 1 aromatic carbocycles. The highest BCUT2D eigenvalue weighted by molar-refractivity contribution is 5.40. The van der Waals surface area contributed by atoms with Crippen LogP contribution in [0.5, 0.6) is 0 Å². The van der Waals surface area contributed by atoms with E-state index in [1.54, 1.807) is 5.06 Å². The number of piperidine rings is 1. The highest BCUT2D eigenvalue weighted by atomic mass is 16.5. The number of aryl methyl sites for hydroxylation is 1. The molecule has 1 heterocycles. The summed E-state index contributed by atoms with van der Waals surface area (Å²) in [5.41, 5.74) is 2.25. The molecular formula is C21H30N2O. The third kappa shape index (κ3) is 2.67. The zero-order chi connectivity index (χ0) is 17.6. The zero-order valence-electron chi connectivity index (χ0n) is 15.4. The summed E-state index contributed by atoms with van der Waals surface area (Å²) in [6.45, 7) is 9.12. The first-order valence-corrected chi connectivity index (χ1v) is 8.99. The lowest BCUT2D eigenvalue weighted by Gasteiger charge is -2.55. The van der Waals surface area contributed by atoms with Crippen LogP contribution < -0.4 is 5.32 Å². The summed E-state index contributed by atoms with van der Waals surface area (Å²) in [6.07, 6.45) is 9.64. The molecule has 0 aromatic heterocycles. The third-order valence-corrected chi connectivity index (χ3v) is 6.13. The Balaban J connectivity index is 2.04.